The van der Waals surface area contributed by atoms with Gasteiger partial charge in [-0.1, -0.05) is 0 Å². The fourth-order valence-electron chi connectivity index (χ4n) is 1.17. The lowest BCUT2D eigenvalue weighted by atomic mass is 10.1. The van der Waals surface area contributed by atoms with Crippen molar-refractivity contribution in [2.24, 2.45) is 5.73 Å². The van der Waals surface area contributed by atoms with Crippen LogP contribution in [0, 0.1) is 6.92 Å². The van der Waals surface area contributed by atoms with Gasteiger partial charge >= 0.3 is 0 Å². The van der Waals surface area contributed by atoms with E-state index in [-0.39, 0.29) is 5.92 Å². The lowest BCUT2D eigenvalue weighted by Gasteiger charge is -2.12. The summed E-state index contributed by atoms with van der Waals surface area (Å²) in [6.07, 6.45) is 1.56. The molecule has 13 heavy (non-hydrogen) atoms. The number of hydrogen-bond acceptors (Lipinski definition) is 4. The monoisotopic (exact) mass is 181 g/mol. The lowest BCUT2D eigenvalue weighted by molar-refractivity contribution is 0.180. The van der Waals surface area contributed by atoms with Crippen LogP contribution >= 0.6 is 0 Å². The molecule has 1 aromatic rings. The maximum atomic E-state index is 5.60. The molecule has 4 heteroatoms. The molecule has 0 aromatic carbocycles. The van der Waals surface area contributed by atoms with E-state index in [2.05, 4.69) is 9.97 Å². The topological polar surface area (TPSA) is 61.0 Å². The Balaban J connectivity index is 2.78. The second-order valence-corrected chi connectivity index (χ2v) is 2.97. The average molecular weight is 181 g/mol. The molecule has 0 amide bonds. The van der Waals surface area contributed by atoms with Crippen LogP contribution in [0.2, 0.25) is 0 Å². The van der Waals surface area contributed by atoms with Gasteiger partial charge in [0.05, 0.1) is 12.3 Å². The van der Waals surface area contributed by atoms with E-state index in [1.165, 1.54) is 0 Å². The molecule has 1 rings (SSSR count). The molecule has 0 saturated carbocycles. The van der Waals surface area contributed by atoms with Crippen molar-refractivity contribution < 1.29 is 4.74 Å². The Morgan fingerprint density at radius 3 is 2.85 bits per heavy atom. The highest BCUT2D eigenvalue weighted by atomic mass is 16.5. The van der Waals surface area contributed by atoms with Crippen LogP contribution in [0.15, 0.2) is 12.4 Å². The van der Waals surface area contributed by atoms with Crippen LogP contribution in [0.5, 0.6) is 0 Å². The van der Waals surface area contributed by atoms with Crippen molar-refractivity contribution in [1.29, 1.82) is 0 Å². The molecule has 0 radical (unpaired) electrons. The molecule has 0 spiro atoms. The minimum absolute atomic E-state index is 0.173. The smallest absolute Gasteiger partial charge is 0.115 e. The second-order valence-electron chi connectivity index (χ2n) is 2.97. The Bertz CT molecular complexity index is 265. The summed E-state index contributed by atoms with van der Waals surface area (Å²) in [4.78, 5) is 8.18. The van der Waals surface area contributed by atoms with E-state index in [1.807, 2.05) is 13.0 Å². The molecule has 0 fully saturated rings. The molecule has 1 aromatic heterocycles. The van der Waals surface area contributed by atoms with Gasteiger partial charge in [-0.2, -0.15) is 0 Å². The molecule has 1 heterocycles. The minimum Gasteiger partial charge on any atom is -0.384 e. The summed E-state index contributed by atoms with van der Waals surface area (Å²) >= 11 is 0. The fraction of sp³-hybridized carbons (Fsp3) is 0.556. The SMILES string of the molecule is COC[C@H](CN)c1cc(C)ncn1. The maximum Gasteiger partial charge on any atom is 0.115 e. The van der Waals surface area contributed by atoms with Crippen LogP contribution in [0.3, 0.4) is 0 Å². The average Bonchev–Trinajstić information content (AvgIpc) is 2.14. The van der Waals surface area contributed by atoms with Crippen LogP contribution in [-0.2, 0) is 4.74 Å². The summed E-state index contributed by atoms with van der Waals surface area (Å²) in [7, 11) is 1.66. The van der Waals surface area contributed by atoms with E-state index in [0.717, 1.165) is 11.4 Å². The number of nitrogens with two attached hydrogens (primary N) is 1. The first-order valence-electron chi connectivity index (χ1n) is 4.25. The zero-order valence-electron chi connectivity index (χ0n) is 8.03. The van der Waals surface area contributed by atoms with Gasteiger partial charge in [0.15, 0.2) is 0 Å². The highest BCUT2D eigenvalue weighted by Gasteiger charge is 2.10. The van der Waals surface area contributed by atoms with Gasteiger partial charge in [0.25, 0.3) is 0 Å². The number of ether oxygens (including phenoxy) is 1. The van der Waals surface area contributed by atoms with Crippen molar-refractivity contribution in [1.82, 2.24) is 9.97 Å². The van der Waals surface area contributed by atoms with Crippen LogP contribution in [0.4, 0.5) is 0 Å². The maximum absolute atomic E-state index is 5.60. The van der Waals surface area contributed by atoms with Crippen LogP contribution < -0.4 is 5.73 Å². The van der Waals surface area contributed by atoms with Crippen molar-refractivity contribution in [3.8, 4) is 0 Å². The predicted molar refractivity (Wildman–Crippen MR) is 50.4 cm³/mol. The molecule has 0 aliphatic rings. The first-order valence-corrected chi connectivity index (χ1v) is 4.25. The number of rotatable bonds is 4. The Morgan fingerprint density at radius 2 is 2.31 bits per heavy atom. The molecule has 72 valence electrons. The van der Waals surface area contributed by atoms with Crippen molar-refractivity contribution in [2.45, 2.75) is 12.8 Å². The molecule has 0 unspecified atom stereocenters. The van der Waals surface area contributed by atoms with Crippen LogP contribution in [-0.4, -0.2) is 30.2 Å². The summed E-state index contributed by atoms with van der Waals surface area (Å²) in [6.45, 7) is 3.09. The van der Waals surface area contributed by atoms with E-state index in [9.17, 15) is 0 Å². The van der Waals surface area contributed by atoms with Crippen LogP contribution in [0.1, 0.15) is 17.3 Å². The molecule has 0 aliphatic carbocycles. The highest BCUT2D eigenvalue weighted by molar-refractivity contribution is 5.12. The molecule has 2 N–H and O–H groups in total. The van der Waals surface area contributed by atoms with Gasteiger partial charge in [-0.15, -0.1) is 0 Å². The molecule has 0 aliphatic heterocycles. The standard InChI is InChI=1S/C9H15N3O/c1-7-3-9(12-6-11-7)8(4-10)5-13-2/h3,6,8H,4-5,10H2,1-2H3/t8-/m0/s1. The molecule has 0 bridgehead atoms. The largest absolute Gasteiger partial charge is 0.384 e. The summed E-state index contributed by atoms with van der Waals surface area (Å²) in [5, 5.41) is 0. The van der Waals surface area contributed by atoms with E-state index in [4.69, 9.17) is 10.5 Å². The van der Waals surface area contributed by atoms with Gasteiger partial charge < -0.3 is 10.5 Å². The molecular weight excluding hydrogens is 166 g/mol. The normalized spacial score (nSPS) is 12.8. The van der Waals surface area contributed by atoms with Crippen LogP contribution in [0.25, 0.3) is 0 Å². The van der Waals surface area contributed by atoms with Crippen molar-refractivity contribution in [2.75, 3.05) is 20.3 Å². The quantitative estimate of drug-likeness (QED) is 0.733. The third-order valence-corrected chi connectivity index (χ3v) is 1.90. The fourth-order valence-corrected chi connectivity index (χ4v) is 1.17. The summed E-state index contributed by atoms with van der Waals surface area (Å²) < 4.78 is 5.05. The Morgan fingerprint density at radius 1 is 1.54 bits per heavy atom. The zero-order valence-corrected chi connectivity index (χ0v) is 8.03. The summed E-state index contributed by atoms with van der Waals surface area (Å²) in [5.41, 5.74) is 7.51. The van der Waals surface area contributed by atoms with Crippen molar-refractivity contribution in [3.63, 3.8) is 0 Å². The first kappa shape index (κ1) is 10.1. The van der Waals surface area contributed by atoms with Gasteiger partial charge in [0.2, 0.25) is 0 Å². The Kier molecular flexibility index (Phi) is 3.79. The molecular formula is C9H15N3O. The number of aryl methyl sites for hydroxylation is 1. The highest BCUT2D eigenvalue weighted by Crippen LogP contribution is 2.11. The van der Waals surface area contributed by atoms with E-state index >= 15 is 0 Å². The number of aromatic nitrogens is 2. The number of methoxy groups -OCH3 is 1. The van der Waals surface area contributed by atoms with E-state index < -0.39 is 0 Å². The Hall–Kier alpha value is -1.00. The molecule has 4 nitrogen and oxygen atoms in total. The second kappa shape index (κ2) is 4.89. The van der Waals surface area contributed by atoms with E-state index in [1.54, 1.807) is 13.4 Å². The minimum atomic E-state index is 0.173. The van der Waals surface area contributed by atoms with Gasteiger partial charge in [-0.05, 0) is 13.0 Å². The van der Waals surface area contributed by atoms with E-state index in [0.29, 0.717) is 13.2 Å². The van der Waals surface area contributed by atoms with Crippen molar-refractivity contribution >= 4 is 0 Å². The number of nitrogens with zero attached hydrogens (tertiary/aromatic N) is 2. The molecule has 1 atom stereocenters. The summed E-state index contributed by atoms with van der Waals surface area (Å²) in [5.74, 6) is 0.173. The third-order valence-electron chi connectivity index (χ3n) is 1.90. The first-order chi connectivity index (χ1) is 6.27. The summed E-state index contributed by atoms with van der Waals surface area (Å²) in [6, 6.07) is 1.94. The third kappa shape index (κ3) is 2.75. The zero-order chi connectivity index (χ0) is 9.68. The molecule has 0 saturated heterocycles. The predicted octanol–water partition coefficient (Wildman–Crippen LogP) is 0.474. The van der Waals surface area contributed by atoms with Gasteiger partial charge in [-0.3, -0.25) is 0 Å². The van der Waals surface area contributed by atoms with Crippen molar-refractivity contribution in [3.05, 3.63) is 23.8 Å². The van der Waals surface area contributed by atoms with Gasteiger partial charge in [0.1, 0.15) is 6.33 Å². The Labute approximate surface area is 78.1 Å². The number of hydrogen-bond donors (Lipinski definition) is 1. The lowest BCUT2D eigenvalue weighted by Crippen LogP contribution is -2.18. The van der Waals surface area contributed by atoms with Gasteiger partial charge in [-0.25, -0.2) is 9.97 Å². The van der Waals surface area contributed by atoms with Gasteiger partial charge in [0, 0.05) is 25.3 Å².